The monoisotopic (exact) mass is 345 g/mol. The molecule has 86 valence electrons. The first-order chi connectivity index (χ1) is 7.65. The van der Waals surface area contributed by atoms with Gasteiger partial charge in [0.25, 0.3) is 5.91 Å². The number of rotatable bonds is 4. The Labute approximate surface area is 112 Å². The van der Waals surface area contributed by atoms with Crippen molar-refractivity contribution in [2.75, 3.05) is 11.9 Å². The fourth-order valence-corrected chi connectivity index (χ4v) is 2.53. The first-order valence-corrected chi connectivity index (χ1v) is 7.16. The van der Waals surface area contributed by atoms with E-state index in [-0.39, 0.29) is 5.91 Å². The molecule has 0 atom stereocenters. The minimum Gasteiger partial charge on any atom is -0.351 e. The maximum Gasteiger partial charge on any atom is 0.251 e. The maximum absolute atomic E-state index is 11.8. The number of amides is 1. The van der Waals surface area contributed by atoms with Crippen molar-refractivity contribution in [3.8, 4) is 0 Å². The molecule has 1 saturated carbocycles. The first-order valence-electron chi connectivity index (χ1n) is 5.25. The molecule has 1 aliphatic carbocycles. The molecule has 4 heteroatoms. The molecule has 2 rings (SSSR count). The van der Waals surface area contributed by atoms with Crippen LogP contribution >= 0.6 is 31.9 Å². The van der Waals surface area contributed by atoms with E-state index < -0.39 is 0 Å². The molecule has 1 N–H and O–H groups in total. The van der Waals surface area contributed by atoms with E-state index in [2.05, 4.69) is 37.2 Å². The largest absolute Gasteiger partial charge is 0.351 e. The van der Waals surface area contributed by atoms with E-state index in [1.807, 2.05) is 24.3 Å². The van der Waals surface area contributed by atoms with Gasteiger partial charge in [0.1, 0.15) is 0 Å². The minimum absolute atomic E-state index is 0.0136. The molecule has 0 heterocycles. The Morgan fingerprint density at radius 2 is 1.94 bits per heavy atom. The van der Waals surface area contributed by atoms with Crippen LogP contribution in [0.25, 0.3) is 0 Å². The van der Waals surface area contributed by atoms with Crippen LogP contribution in [-0.4, -0.2) is 17.8 Å². The predicted molar refractivity (Wildman–Crippen MR) is 71.9 cm³/mol. The minimum atomic E-state index is 0.0136. The van der Waals surface area contributed by atoms with Gasteiger partial charge in [0.2, 0.25) is 0 Å². The third-order valence-electron chi connectivity index (χ3n) is 2.97. The van der Waals surface area contributed by atoms with E-state index in [0.29, 0.717) is 11.0 Å². The van der Waals surface area contributed by atoms with Crippen LogP contribution in [-0.2, 0) is 0 Å². The van der Waals surface area contributed by atoms with Gasteiger partial charge in [0.05, 0.1) is 0 Å². The molecule has 1 aliphatic rings. The lowest BCUT2D eigenvalue weighted by Crippen LogP contribution is -2.30. The maximum atomic E-state index is 11.8. The molecule has 0 unspecified atom stereocenters. The zero-order valence-electron chi connectivity index (χ0n) is 8.80. The van der Waals surface area contributed by atoms with Gasteiger partial charge in [0.15, 0.2) is 0 Å². The van der Waals surface area contributed by atoms with Crippen LogP contribution in [0.4, 0.5) is 0 Å². The van der Waals surface area contributed by atoms with Gasteiger partial charge in [-0.2, -0.15) is 0 Å². The highest BCUT2D eigenvalue weighted by Gasteiger charge is 2.41. The standard InChI is InChI=1S/C12H13Br2NO/c13-7-12(5-6-12)8-15-11(16)9-1-3-10(14)4-2-9/h1-4H,5-8H2,(H,15,16). The topological polar surface area (TPSA) is 29.1 Å². The second-order valence-electron chi connectivity index (χ2n) is 4.32. The molecular weight excluding hydrogens is 334 g/mol. The Morgan fingerprint density at radius 3 is 2.44 bits per heavy atom. The van der Waals surface area contributed by atoms with Gasteiger partial charge >= 0.3 is 0 Å². The van der Waals surface area contributed by atoms with Gasteiger partial charge in [-0.3, -0.25) is 4.79 Å². The van der Waals surface area contributed by atoms with Crippen molar-refractivity contribution in [2.45, 2.75) is 12.8 Å². The van der Waals surface area contributed by atoms with E-state index in [0.717, 1.165) is 16.3 Å². The Balaban J connectivity index is 1.91. The number of nitrogens with one attached hydrogen (secondary N) is 1. The van der Waals surface area contributed by atoms with Gasteiger partial charge in [-0.1, -0.05) is 31.9 Å². The molecule has 0 bridgehead atoms. The zero-order valence-corrected chi connectivity index (χ0v) is 12.0. The van der Waals surface area contributed by atoms with Crippen LogP contribution in [0, 0.1) is 5.41 Å². The Morgan fingerprint density at radius 1 is 1.31 bits per heavy atom. The summed E-state index contributed by atoms with van der Waals surface area (Å²) in [5.74, 6) is 0.0136. The summed E-state index contributed by atoms with van der Waals surface area (Å²) in [6.07, 6.45) is 2.41. The predicted octanol–water partition coefficient (Wildman–Crippen LogP) is 3.35. The normalized spacial score (nSPS) is 16.9. The lowest BCUT2D eigenvalue weighted by Gasteiger charge is -2.12. The van der Waals surface area contributed by atoms with E-state index in [1.54, 1.807) is 0 Å². The summed E-state index contributed by atoms with van der Waals surface area (Å²) >= 11 is 6.84. The van der Waals surface area contributed by atoms with Crippen LogP contribution < -0.4 is 5.32 Å². The summed E-state index contributed by atoms with van der Waals surface area (Å²) in [5.41, 5.74) is 1.04. The highest BCUT2D eigenvalue weighted by Crippen LogP contribution is 2.46. The van der Waals surface area contributed by atoms with Gasteiger partial charge in [-0.05, 0) is 42.5 Å². The van der Waals surface area contributed by atoms with E-state index in [1.165, 1.54) is 12.8 Å². The smallest absolute Gasteiger partial charge is 0.251 e. The summed E-state index contributed by atoms with van der Waals surface area (Å²) in [6.45, 7) is 0.771. The lowest BCUT2D eigenvalue weighted by atomic mass is 10.1. The van der Waals surface area contributed by atoms with Crippen LogP contribution in [0.3, 0.4) is 0 Å². The number of hydrogen-bond acceptors (Lipinski definition) is 1. The van der Waals surface area contributed by atoms with Crippen LogP contribution in [0.15, 0.2) is 28.7 Å². The highest BCUT2D eigenvalue weighted by atomic mass is 79.9. The summed E-state index contributed by atoms with van der Waals surface area (Å²) < 4.78 is 0.989. The van der Waals surface area contributed by atoms with Crippen LogP contribution in [0.2, 0.25) is 0 Å². The van der Waals surface area contributed by atoms with Crippen LogP contribution in [0.1, 0.15) is 23.2 Å². The third-order valence-corrected chi connectivity index (χ3v) is 4.69. The van der Waals surface area contributed by atoms with E-state index in [4.69, 9.17) is 0 Å². The SMILES string of the molecule is O=C(NCC1(CBr)CC1)c1ccc(Br)cc1. The molecule has 2 nitrogen and oxygen atoms in total. The molecule has 1 aromatic carbocycles. The second kappa shape index (κ2) is 4.88. The number of benzene rings is 1. The summed E-state index contributed by atoms with van der Waals surface area (Å²) in [7, 11) is 0. The highest BCUT2D eigenvalue weighted by molar-refractivity contribution is 9.10. The number of alkyl halides is 1. The molecule has 1 fully saturated rings. The lowest BCUT2D eigenvalue weighted by molar-refractivity contribution is 0.0946. The molecule has 16 heavy (non-hydrogen) atoms. The van der Waals surface area contributed by atoms with Gasteiger partial charge < -0.3 is 5.32 Å². The van der Waals surface area contributed by atoms with Crippen molar-refractivity contribution in [3.05, 3.63) is 34.3 Å². The number of carbonyl (C=O) groups excluding carboxylic acids is 1. The Kier molecular flexibility index (Phi) is 3.70. The third kappa shape index (κ3) is 2.86. The molecule has 0 aliphatic heterocycles. The van der Waals surface area contributed by atoms with Gasteiger partial charge in [-0.25, -0.2) is 0 Å². The molecule has 0 radical (unpaired) electrons. The Hall–Kier alpha value is -0.350. The van der Waals surface area contributed by atoms with Crippen LogP contribution in [0.5, 0.6) is 0 Å². The van der Waals surface area contributed by atoms with Crippen molar-refractivity contribution < 1.29 is 4.79 Å². The molecule has 0 spiro atoms. The van der Waals surface area contributed by atoms with E-state index in [9.17, 15) is 4.79 Å². The molecule has 1 amide bonds. The zero-order chi connectivity index (χ0) is 11.6. The van der Waals surface area contributed by atoms with E-state index >= 15 is 0 Å². The average molecular weight is 347 g/mol. The van der Waals surface area contributed by atoms with Crippen molar-refractivity contribution in [1.82, 2.24) is 5.32 Å². The molecular formula is C12H13Br2NO. The first kappa shape index (κ1) is 12.1. The molecule has 0 aromatic heterocycles. The number of halogens is 2. The van der Waals surface area contributed by atoms with Crippen molar-refractivity contribution in [3.63, 3.8) is 0 Å². The van der Waals surface area contributed by atoms with Gasteiger partial charge in [0, 0.05) is 21.9 Å². The quantitative estimate of drug-likeness (QED) is 0.832. The summed E-state index contributed by atoms with van der Waals surface area (Å²) in [4.78, 5) is 11.8. The van der Waals surface area contributed by atoms with Crippen molar-refractivity contribution in [1.29, 1.82) is 0 Å². The summed E-state index contributed by atoms with van der Waals surface area (Å²) in [6, 6.07) is 7.42. The number of hydrogen-bond donors (Lipinski definition) is 1. The summed E-state index contributed by atoms with van der Waals surface area (Å²) in [5, 5.41) is 3.96. The van der Waals surface area contributed by atoms with Crippen molar-refractivity contribution in [2.24, 2.45) is 5.41 Å². The second-order valence-corrected chi connectivity index (χ2v) is 5.80. The average Bonchev–Trinajstić information content (AvgIpc) is 3.08. The van der Waals surface area contributed by atoms with Gasteiger partial charge in [-0.15, -0.1) is 0 Å². The van der Waals surface area contributed by atoms with Crippen molar-refractivity contribution >= 4 is 37.8 Å². The Bertz CT molecular complexity index is 385. The number of carbonyl (C=O) groups is 1. The fraction of sp³-hybridized carbons (Fsp3) is 0.417. The molecule has 1 aromatic rings. The fourth-order valence-electron chi connectivity index (χ4n) is 1.51. The molecule has 0 saturated heterocycles.